The number of methoxy groups -OCH3 is 1. The average molecular weight is 184 g/mol. The highest BCUT2D eigenvalue weighted by molar-refractivity contribution is 5.66. The number of rotatable bonds is 5. The fourth-order valence-corrected chi connectivity index (χ4v) is 1.05. The zero-order valence-corrected chi connectivity index (χ0v) is 7.43. The Labute approximate surface area is 76.0 Å². The molecule has 0 aliphatic carbocycles. The Morgan fingerprint density at radius 3 is 3.15 bits per heavy atom. The van der Waals surface area contributed by atoms with Gasteiger partial charge in [-0.1, -0.05) is 0 Å². The second kappa shape index (κ2) is 4.61. The average Bonchev–Trinajstić information content (AvgIpc) is 2.48. The molecule has 0 amide bonds. The lowest BCUT2D eigenvalue weighted by Gasteiger charge is -2.03. The van der Waals surface area contributed by atoms with Gasteiger partial charge in [0.15, 0.2) is 0 Å². The number of imidazole rings is 1. The summed E-state index contributed by atoms with van der Waals surface area (Å²) in [5, 5.41) is 8.56. The Balaban J connectivity index is 2.60. The molecule has 5 heteroatoms. The van der Waals surface area contributed by atoms with E-state index in [2.05, 4.69) is 4.98 Å². The molecule has 0 radical (unpaired) electrons. The molecule has 0 aromatic carbocycles. The first-order chi connectivity index (χ1) is 6.24. The van der Waals surface area contributed by atoms with Gasteiger partial charge in [-0.2, -0.15) is 0 Å². The predicted octanol–water partition coefficient (Wildman–Crippen LogP) is 0.157. The van der Waals surface area contributed by atoms with E-state index in [4.69, 9.17) is 9.84 Å². The summed E-state index contributed by atoms with van der Waals surface area (Å²) in [6.45, 7) is 0.510. The summed E-state index contributed by atoms with van der Waals surface area (Å²) >= 11 is 0. The second-order valence-electron chi connectivity index (χ2n) is 2.61. The number of aliphatic carboxylic acids is 1. The van der Waals surface area contributed by atoms with Crippen molar-refractivity contribution >= 4 is 5.97 Å². The third kappa shape index (κ3) is 2.87. The van der Waals surface area contributed by atoms with Crippen molar-refractivity contribution in [1.29, 1.82) is 0 Å². The van der Waals surface area contributed by atoms with Crippen molar-refractivity contribution in [1.82, 2.24) is 9.55 Å². The standard InChI is InChI=1S/C8H12N2O3/c1-13-5-2-7-9-3-4-10(7)6-8(11)12/h3-4H,2,5-6H2,1H3,(H,11,12). The molecule has 5 nitrogen and oxygen atoms in total. The number of hydrogen-bond donors (Lipinski definition) is 1. The minimum Gasteiger partial charge on any atom is -0.480 e. The molecule has 1 heterocycles. The van der Waals surface area contributed by atoms with Crippen LogP contribution in [0.4, 0.5) is 0 Å². The third-order valence-electron chi connectivity index (χ3n) is 1.64. The lowest BCUT2D eigenvalue weighted by molar-refractivity contribution is -0.137. The molecule has 0 aliphatic heterocycles. The molecule has 0 unspecified atom stereocenters. The van der Waals surface area contributed by atoms with Crippen LogP contribution in [0.1, 0.15) is 5.82 Å². The molecule has 1 N–H and O–H groups in total. The lowest BCUT2D eigenvalue weighted by atomic mass is 10.4. The number of ether oxygens (including phenoxy) is 1. The van der Waals surface area contributed by atoms with Crippen LogP contribution in [-0.2, 0) is 22.5 Å². The van der Waals surface area contributed by atoms with Crippen molar-refractivity contribution in [3.8, 4) is 0 Å². The van der Waals surface area contributed by atoms with Crippen molar-refractivity contribution in [2.45, 2.75) is 13.0 Å². The van der Waals surface area contributed by atoms with Crippen LogP contribution in [0.25, 0.3) is 0 Å². The smallest absolute Gasteiger partial charge is 0.323 e. The Hall–Kier alpha value is -1.36. The van der Waals surface area contributed by atoms with E-state index in [-0.39, 0.29) is 6.54 Å². The topological polar surface area (TPSA) is 64.4 Å². The summed E-state index contributed by atoms with van der Waals surface area (Å²) in [5.41, 5.74) is 0. The van der Waals surface area contributed by atoms with Crippen LogP contribution in [0.3, 0.4) is 0 Å². The van der Waals surface area contributed by atoms with Crippen LogP contribution < -0.4 is 0 Å². The molecule has 1 aromatic rings. The van der Waals surface area contributed by atoms with Crippen LogP contribution >= 0.6 is 0 Å². The van der Waals surface area contributed by atoms with Gasteiger partial charge < -0.3 is 14.4 Å². The van der Waals surface area contributed by atoms with Crippen LogP contribution in [-0.4, -0.2) is 34.3 Å². The Bertz CT molecular complexity index is 283. The van der Waals surface area contributed by atoms with Crippen molar-refractivity contribution in [3.05, 3.63) is 18.2 Å². The molecule has 0 saturated heterocycles. The van der Waals surface area contributed by atoms with Gasteiger partial charge >= 0.3 is 5.97 Å². The highest BCUT2D eigenvalue weighted by Crippen LogP contribution is 1.98. The van der Waals surface area contributed by atoms with Crippen LogP contribution in [0.2, 0.25) is 0 Å². The quantitative estimate of drug-likeness (QED) is 0.707. The number of hydrogen-bond acceptors (Lipinski definition) is 3. The monoisotopic (exact) mass is 184 g/mol. The van der Waals surface area contributed by atoms with E-state index in [1.807, 2.05) is 0 Å². The van der Waals surface area contributed by atoms with Gasteiger partial charge in [0.25, 0.3) is 0 Å². The normalized spacial score (nSPS) is 10.2. The van der Waals surface area contributed by atoms with E-state index in [1.165, 1.54) is 0 Å². The number of carboxylic acid groups (broad SMARTS) is 1. The zero-order valence-electron chi connectivity index (χ0n) is 7.43. The lowest BCUT2D eigenvalue weighted by Crippen LogP contribution is -2.12. The van der Waals surface area contributed by atoms with Gasteiger partial charge in [0.05, 0.1) is 6.61 Å². The van der Waals surface area contributed by atoms with Gasteiger partial charge in [0.2, 0.25) is 0 Å². The Kier molecular flexibility index (Phi) is 3.45. The second-order valence-corrected chi connectivity index (χ2v) is 2.61. The summed E-state index contributed by atoms with van der Waals surface area (Å²) in [6, 6.07) is 0. The Morgan fingerprint density at radius 2 is 2.54 bits per heavy atom. The fourth-order valence-electron chi connectivity index (χ4n) is 1.05. The summed E-state index contributed by atoms with van der Waals surface area (Å²) in [6.07, 6.45) is 3.88. The molecule has 0 aliphatic rings. The molecule has 0 fully saturated rings. The van der Waals surface area contributed by atoms with Crippen molar-refractivity contribution in [2.24, 2.45) is 0 Å². The Morgan fingerprint density at radius 1 is 1.77 bits per heavy atom. The fraction of sp³-hybridized carbons (Fsp3) is 0.500. The molecule has 1 rings (SSSR count). The van der Waals surface area contributed by atoms with E-state index >= 15 is 0 Å². The summed E-state index contributed by atoms with van der Waals surface area (Å²) in [7, 11) is 1.60. The molecular weight excluding hydrogens is 172 g/mol. The summed E-state index contributed by atoms with van der Waals surface area (Å²) in [4.78, 5) is 14.4. The predicted molar refractivity (Wildman–Crippen MR) is 45.4 cm³/mol. The van der Waals surface area contributed by atoms with Crippen molar-refractivity contribution < 1.29 is 14.6 Å². The summed E-state index contributed by atoms with van der Waals surface area (Å²) < 4.78 is 6.47. The van der Waals surface area contributed by atoms with E-state index in [9.17, 15) is 4.79 Å². The van der Waals surface area contributed by atoms with E-state index in [1.54, 1.807) is 24.1 Å². The van der Waals surface area contributed by atoms with Gasteiger partial charge in [0.1, 0.15) is 12.4 Å². The van der Waals surface area contributed by atoms with Gasteiger partial charge in [0, 0.05) is 25.9 Å². The molecule has 1 aromatic heterocycles. The molecule has 0 spiro atoms. The zero-order chi connectivity index (χ0) is 9.68. The van der Waals surface area contributed by atoms with E-state index in [0.717, 1.165) is 5.82 Å². The van der Waals surface area contributed by atoms with Crippen LogP contribution in [0.5, 0.6) is 0 Å². The van der Waals surface area contributed by atoms with Gasteiger partial charge in [-0.25, -0.2) is 4.98 Å². The first-order valence-electron chi connectivity index (χ1n) is 3.94. The highest BCUT2D eigenvalue weighted by Gasteiger charge is 2.05. The van der Waals surface area contributed by atoms with Gasteiger partial charge in [-0.3, -0.25) is 4.79 Å². The SMILES string of the molecule is COCCc1nccn1CC(=O)O. The number of carbonyl (C=O) groups is 1. The molecule has 0 saturated carbocycles. The minimum atomic E-state index is -0.864. The van der Waals surface area contributed by atoms with E-state index in [0.29, 0.717) is 13.0 Å². The largest absolute Gasteiger partial charge is 0.480 e. The third-order valence-corrected chi connectivity index (χ3v) is 1.64. The minimum absolute atomic E-state index is 0.0426. The molecule has 0 bridgehead atoms. The number of nitrogens with zero attached hydrogens (tertiary/aromatic N) is 2. The maximum absolute atomic E-state index is 10.4. The molecule has 0 atom stereocenters. The van der Waals surface area contributed by atoms with E-state index < -0.39 is 5.97 Å². The van der Waals surface area contributed by atoms with Crippen molar-refractivity contribution in [3.63, 3.8) is 0 Å². The van der Waals surface area contributed by atoms with Crippen LogP contribution in [0, 0.1) is 0 Å². The number of aromatic nitrogens is 2. The van der Waals surface area contributed by atoms with Gasteiger partial charge in [-0.05, 0) is 0 Å². The maximum Gasteiger partial charge on any atom is 0.323 e. The molecule has 72 valence electrons. The first kappa shape index (κ1) is 9.73. The van der Waals surface area contributed by atoms with Crippen LogP contribution in [0.15, 0.2) is 12.4 Å². The molecule has 13 heavy (non-hydrogen) atoms. The van der Waals surface area contributed by atoms with Gasteiger partial charge in [-0.15, -0.1) is 0 Å². The number of carboxylic acids is 1. The molecular formula is C8H12N2O3. The first-order valence-corrected chi connectivity index (χ1v) is 3.94. The maximum atomic E-state index is 10.4. The highest BCUT2D eigenvalue weighted by atomic mass is 16.5. The summed E-state index contributed by atoms with van der Waals surface area (Å²) in [5.74, 6) is -0.124. The van der Waals surface area contributed by atoms with Crippen molar-refractivity contribution in [2.75, 3.05) is 13.7 Å².